The van der Waals surface area contributed by atoms with Crippen LogP contribution in [0.5, 0.6) is 5.75 Å². The lowest BCUT2D eigenvalue weighted by Crippen LogP contribution is -2.29. The summed E-state index contributed by atoms with van der Waals surface area (Å²) in [7, 11) is 0. The third-order valence-corrected chi connectivity index (χ3v) is 4.39. The van der Waals surface area contributed by atoms with Gasteiger partial charge in [-0.1, -0.05) is 30.0 Å². The molecule has 6 nitrogen and oxygen atoms in total. The van der Waals surface area contributed by atoms with Gasteiger partial charge in [0, 0.05) is 6.54 Å². The normalized spacial score (nSPS) is 19.5. The van der Waals surface area contributed by atoms with Gasteiger partial charge in [0.1, 0.15) is 10.1 Å². The van der Waals surface area contributed by atoms with Crippen molar-refractivity contribution in [3.8, 4) is 5.75 Å². The molecule has 1 aromatic carbocycles. The fourth-order valence-electron chi connectivity index (χ4n) is 2.25. The summed E-state index contributed by atoms with van der Waals surface area (Å²) in [5.41, 5.74) is 1.21. The fraction of sp³-hybridized carbons (Fsp3) is 0.214. The molecule has 2 aliphatic rings. The number of amides is 2. The highest BCUT2D eigenvalue weighted by Gasteiger charge is 2.24. The molecule has 1 saturated heterocycles. The van der Waals surface area contributed by atoms with Crippen molar-refractivity contribution in [3.05, 3.63) is 28.7 Å². The molecule has 114 valence electrons. The number of carbonyl (C=O) groups is 2. The van der Waals surface area contributed by atoms with Crippen LogP contribution in [0, 0.1) is 0 Å². The van der Waals surface area contributed by atoms with Crippen LogP contribution in [-0.4, -0.2) is 34.6 Å². The number of nitrogens with zero attached hydrogens (tertiary/aromatic N) is 1. The minimum absolute atomic E-state index is 0.240. The van der Waals surface area contributed by atoms with Gasteiger partial charge in [0.25, 0.3) is 5.91 Å². The van der Waals surface area contributed by atoms with Crippen molar-refractivity contribution in [1.82, 2.24) is 5.32 Å². The molecule has 0 spiro atoms. The van der Waals surface area contributed by atoms with E-state index in [1.807, 2.05) is 0 Å². The Hall–Kier alpha value is -2.06. The average molecular weight is 336 g/mol. The summed E-state index contributed by atoms with van der Waals surface area (Å²) < 4.78 is 5.98. The Morgan fingerprint density at radius 2 is 2.32 bits per heavy atom. The van der Waals surface area contributed by atoms with Crippen molar-refractivity contribution in [3.63, 3.8) is 0 Å². The zero-order valence-electron chi connectivity index (χ0n) is 11.4. The van der Waals surface area contributed by atoms with Crippen LogP contribution in [0.1, 0.15) is 12.0 Å². The molecule has 2 amide bonds. The van der Waals surface area contributed by atoms with Crippen LogP contribution in [0.3, 0.4) is 0 Å². The molecule has 2 heterocycles. The van der Waals surface area contributed by atoms with Crippen molar-refractivity contribution < 1.29 is 19.4 Å². The Bertz CT molecular complexity index is 702. The zero-order valence-corrected chi connectivity index (χ0v) is 13.0. The number of rotatable bonds is 1. The first-order valence-electron chi connectivity index (χ1n) is 6.57. The summed E-state index contributed by atoms with van der Waals surface area (Å²) in [5, 5.41) is 11.9. The molecule has 22 heavy (non-hydrogen) atoms. The average Bonchev–Trinajstić information content (AvgIpc) is 2.68. The predicted octanol–water partition coefficient (Wildman–Crippen LogP) is 2.44. The summed E-state index contributed by atoms with van der Waals surface area (Å²) in [4.78, 5) is 24.8. The number of carbonyl (C=O) groups excluding carboxylic acids is 1. The van der Waals surface area contributed by atoms with E-state index in [1.165, 1.54) is 16.7 Å². The van der Waals surface area contributed by atoms with Gasteiger partial charge in [0.15, 0.2) is 0 Å². The number of carboxylic acid groups (broad SMARTS) is 1. The van der Waals surface area contributed by atoms with Crippen LogP contribution < -0.4 is 15.0 Å². The van der Waals surface area contributed by atoms with Gasteiger partial charge < -0.3 is 15.2 Å². The molecule has 0 aromatic heterocycles. The maximum absolute atomic E-state index is 11.7. The second kappa shape index (κ2) is 5.98. The number of fused-ring (bicyclic) bond motifs is 1. The van der Waals surface area contributed by atoms with Gasteiger partial charge in [-0.25, -0.2) is 4.79 Å². The maximum atomic E-state index is 11.7. The van der Waals surface area contributed by atoms with Gasteiger partial charge in [-0.15, -0.1) is 0 Å². The number of hydrogen-bond donors (Lipinski definition) is 2. The fourth-order valence-corrected chi connectivity index (χ4v) is 3.30. The van der Waals surface area contributed by atoms with Gasteiger partial charge in [-0.2, -0.15) is 0 Å². The smallest absolute Gasteiger partial charge is 0.411 e. The maximum Gasteiger partial charge on any atom is 0.411 e. The number of thiocarbonyl (C=S) groups is 1. The number of benzene rings is 1. The Morgan fingerprint density at radius 1 is 1.50 bits per heavy atom. The van der Waals surface area contributed by atoms with Gasteiger partial charge >= 0.3 is 6.09 Å². The third kappa shape index (κ3) is 2.93. The monoisotopic (exact) mass is 336 g/mol. The summed E-state index contributed by atoms with van der Waals surface area (Å²) in [6.07, 6.45) is 1.29. The first-order chi connectivity index (χ1) is 10.5. The number of thioether (sulfide) groups is 1. The standard InChI is InChI=1S/C14H12N2O4S2/c17-12-11(22-13(21)15-12)7-8-2-3-10-9(6-8)16(14(18)19)4-1-5-20-10/h2-3,6-7H,1,4-5H2,(H,18,19)(H,15,17,21)/b11-7+. The second-order valence-electron chi connectivity index (χ2n) is 4.72. The topological polar surface area (TPSA) is 78.9 Å². The van der Waals surface area contributed by atoms with E-state index in [9.17, 15) is 14.7 Å². The second-order valence-corrected chi connectivity index (χ2v) is 6.43. The van der Waals surface area contributed by atoms with E-state index in [1.54, 1.807) is 24.3 Å². The predicted molar refractivity (Wildman–Crippen MR) is 88.2 cm³/mol. The van der Waals surface area contributed by atoms with E-state index in [-0.39, 0.29) is 5.91 Å². The number of nitrogens with one attached hydrogen (secondary N) is 1. The summed E-state index contributed by atoms with van der Waals surface area (Å²) in [6.45, 7) is 0.853. The van der Waals surface area contributed by atoms with E-state index in [2.05, 4.69) is 5.32 Å². The minimum Gasteiger partial charge on any atom is -0.491 e. The highest BCUT2D eigenvalue weighted by molar-refractivity contribution is 8.26. The molecule has 0 saturated carbocycles. The molecular formula is C14H12N2O4S2. The molecule has 1 fully saturated rings. The number of hydrogen-bond acceptors (Lipinski definition) is 5. The molecule has 0 atom stereocenters. The van der Waals surface area contributed by atoms with Gasteiger partial charge in [0.05, 0.1) is 17.2 Å². The molecule has 3 rings (SSSR count). The van der Waals surface area contributed by atoms with Crippen molar-refractivity contribution in [1.29, 1.82) is 0 Å². The van der Waals surface area contributed by atoms with Gasteiger partial charge in [-0.3, -0.25) is 9.69 Å². The Kier molecular flexibility index (Phi) is 4.04. The van der Waals surface area contributed by atoms with Gasteiger partial charge in [0.2, 0.25) is 0 Å². The lowest BCUT2D eigenvalue weighted by Gasteiger charge is -2.18. The first kappa shape index (κ1) is 14.9. The zero-order chi connectivity index (χ0) is 15.7. The van der Waals surface area contributed by atoms with E-state index < -0.39 is 6.09 Å². The molecule has 2 aliphatic heterocycles. The molecule has 2 N–H and O–H groups in total. The molecule has 0 radical (unpaired) electrons. The summed E-state index contributed by atoms with van der Waals surface area (Å²) in [6, 6.07) is 5.21. The van der Waals surface area contributed by atoms with Crippen LogP contribution in [0.15, 0.2) is 23.1 Å². The van der Waals surface area contributed by atoms with E-state index in [0.717, 1.165) is 5.56 Å². The van der Waals surface area contributed by atoms with Gasteiger partial charge in [-0.05, 0) is 30.2 Å². The van der Waals surface area contributed by atoms with E-state index >= 15 is 0 Å². The van der Waals surface area contributed by atoms with E-state index in [0.29, 0.717) is 40.2 Å². The molecule has 0 unspecified atom stereocenters. The summed E-state index contributed by atoms with van der Waals surface area (Å²) >= 11 is 6.13. The molecule has 8 heteroatoms. The Morgan fingerprint density at radius 3 is 3.00 bits per heavy atom. The van der Waals surface area contributed by atoms with Crippen LogP contribution in [-0.2, 0) is 4.79 Å². The lowest BCUT2D eigenvalue weighted by atomic mass is 10.1. The lowest BCUT2D eigenvalue weighted by molar-refractivity contribution is -0.115. The first-order valence-corrected chi connectivity index (χ1v) is 7.79. The summed E-state index contributed by atoms with van der Waals surface area (Å²) in [5.74, 6) is 0.289. The van der Waals surface area contributed by atoms with Crippen LogP contribution >= 0.6 is 24.0 Å². The molecular weight excluding hydrogens is 324 g/mol. The number of ether oxygens (including phenoxy) is 1. The molecule has 0 aliphatic carbocycles. The van der Waals surface area contributed by atoms with Crippen LogP contribution in [0.25, 0.3) is 6.08 Å². The largest absolute Gasteiger partial charge is 0.491 e. The highest BCUT2D eigenvalue weighted by atomic mass is 32.2. The SMILES string of the molecule is O=C1NC(=S)S/C1=C/c1ccc2c(c1)N(C(=O)O)CCCO2. The molecule has 0 bridgehead atoms. The quantitative estimate of drug-likeness (QED) is 0.606. The minimum atomic E-state index is -1.02. The Balaban J connectivity index is 1.99. The highest BCUT2D eigenvalue weighted by Crippen LogP contribution is 2.34. The van der Waals surface area contributed by atoms with Crippen molar-refractivity contribution in [2.75, 3.05) is 18.1 Å². The van der Waals surface area contributed by atoms with Crippen molar-refractivity contribution in [2.24, 2.45) is 0 Å². The molecule has 1 aromatic rings. The van der Waals surface area contributed by atoms with Crippen molar-refractivity contribution >= 4 is 52.1 Å². The third-order valence-electron chi connectivity index (χ3n) is 3.23. The van der Waals surface area contributed by atoms with Crippen molar-refractivity contribution in [2.45, 2.75) is 6.42 Å². The van der Waals surface area contributed by atoms with E-state index in [4.69, 9.17) is 17.0 Å². The van der Waals surface area contributed by atoms with Crippen LogP contribution in [0.2, 0.25) is 0 Å². The Labute approximate surface area is 136 Å². The number of anilines is 1. The van der Waals surface area contributed by atoms with Crippen LogP contribution in [0.4, 0.5) is 10.5 Å².